The lowest BCUT2D eigenvalue weighted by Crippen LogP contribution is -2.57. The average Bonchev–Trinajstić information content (AvgIpc) is 3.01. The Morgan fingerprint density at radius 2 is 1.94 bits per heavy atom. The third-order valence-electron chi connectivity index (χ3n) is 6.88. The van der Waals surface area contributed by atoms with Gasteiger partial charge in [0.15, 0.2) is 0 Å². The fraction of sp³-hybridized carbons (Fsp3) is 0.640. The maximum absolute atomic E-state index is 13.6. The summed E-state index contributed by atoms with van der Waals surface area (Å²) in [5.74, 6) is 0.425. The molecule has 1 N–H and O–H groups in total. The third-order valence-corrected chi connectivity index (χ3v) is 7.11. The molecule has 1 atom stereocenters. The van der Waals surface area contributed by atoms with E-state index in [1.54, 1.807) is 6.07 Å². The maximum atomic E-state index is 13.6. The molecular weight excluding hydrogens is 440 g/mol. The molecule has 182 valence electrons. The van der Waals surface area contributed by atoms with E-state index in [9.17, 15) is 14.4 Å². The van der Waals surface area contributed by atoms with Gasteiger partial charge in [-0.15, -0.1) is 0 Å². The van der Waals surface area contributed by atoms with E-state index in [-0.39, 0.29) is 23.8 Å². The number of likely N-dealkylation sites (N-methyl/N-ethyl adjacent to an activating group) is 1. The molecule has 1 aromatic carbocycles. The van der Waals surface area contributed by atoms with Crippen LogP contribution in [0.2, 0.25) is 5.02 Å². The molecule has 0 radical (unpaired) electrons. The standard InChI is InChI=1S/C25H37ClN4O3/c1-18(2)8-11-25(23(32)30(24(33)27-25)15-14-28(3)4)20-9-12-29(13-10-20)22(31)17-19-6-5-7-21(26)16-19/h5-7,16,18,20H,8-15,17H2,1-4H3,(H,27,33)/t25-/m0/s1. The lowest BCUT2D eigenvalue weighted by molar-refractivity contribution is -0.136. The monoisotopic (exact) mass is 476 g/mol. The van der Waals surface area contributed by atoms with Crippen molar-refractivity contribution in [1.29, 1.82) is 0 Å². The Morgan fingerprint density at radius 1 is 1.24 bits per heavy atom. The van der Waals surface area contributed by atoms with E-state index < -0.39 is 5.54 Å². The molecule has 2 aliphatic heterocycles. The number of carbonyl (C=O) groups is 3. The van der Waals surface area contributed by atoms with Gasteiger partial charge in [-0.1, -0.05) is 37.6 Å². The van der Waals surface area contributed by atoms with Gasteiger partial charge >= 0.3 is 6.03 Å². The number of amides is 4. The van der Waals surface area contributed by atoms with E-state index in [2.05, 4.69) is 19.2 Å². The van der Waals surface area contributed by atoms with E-state index in [1.807, 2.05) is 42.1 Å². The summed E-state index contributed by atoms with van der Waals surface area (Å²) in [5, 5.41) is 3.73. The first-order chi connectivity index (χ1) is 15.6. The van der Waals surface area contributed by atoms with Gasteiger partial charge in [0.2, 0.25) is 5.91 Å². The molecule has 0 saturated carbocycles. The van der Waals surface area contributed by atoms with Gasteiger partial charge in [-0.05, 0) is 69.3 Å². The van der Waals surface area contributed by atoms with E-state index in [4.69, 9.17) is 11.6 Å². The zero-order valence-corrected chi connectivity index (χ0v) is 21.0. The Morgan fingerprint density at radius 3 is 2.55 bits per heavy atom. The van der Waals surface area contributed by atoms with Crippen LogP contribution in [0.1, 0.15) is 45.1 Å². The summed E-state index contributed by atoms with van der Waals surface area (Å²) in [6.45, 7) is 6.47. The molecule has 0 spiro atoms. The van der Waals surface area contributed by atoms with Gasteiger partial charge in [0.1, 0.15) is 5.54 Å². The smallest absolute Gasteiger partial charge is 0.325 e. The molecule has 2 heterocycles. The number of hydrogen-bond acceptors (Lipinski definition) is 4. The Kier molecular flexibility index (Phi) is 8.40. The highest BCUT2D eigenvalue weighted by molar-refractivity contribution is 6.30. The number of piperidine rings is 1. The normalized spacial score (nSPS) is 21.9. The first-order valence-corrected chi connectivity index (χ1v) is 12.3. The number of urea groups is 1. The van der Waals surface area contributed by atoms with Gasteiger partial charge in [-0.25, -0.2) is 4.79 Å². The summed E-state index contributed by atoms with van der Waals surface area (Å²) in [5.41, 5.74) is 0.0354. The number of benzene rings is 1. The van der Waals surface area contributed by atoms with Crippen molar-refractivity contribution < 1.29 is 14.4 Å². The van der Waals surface area contributed by atoms with Crippen LogP contribution < -0.4 is 5.32 Å². The highest BCUT2D eigenvalue weighted by atomic mass is 35.5. The predicted molar refractivity (Wildman–Crippen MR) is 130 cm³/mol. The number of nitrogens with zero attached hydrogens (tertiary/aromatic N) is 3. The number of likely N-dealkylation sites (tertiary alicyclic amines) is 1. The van der Waals surface area contributed by atoms with Crippen LogP contribution in [0.3, 0.4) is 0 Å². The van der Waals surface area contributed by atoms with Gasteiger partial charge < -0.3 is 15.1 Å². The molecule has 0 aromatic heterocycles. The number of rotatable bonds is 9. The fourth-order valence-corrected chi connectivity index (χ4v) is 5.08. The SMILES string of the molecule is CC(C)CC[C@@]1(C2CCN(C(=O)Cc3cccc(Cl)c3)CC2)NC(=O)N(CCN(C)C)C1=O. The first-order valence-electron chi connectivity index (χ1n) is 11.9. The van der Waals surface area contributed by atoms with Crippen molar-refractivity contribution in [3.8, 4) is 0 Å². The van der Waals surface area contributed by atoms with Gasteiger partial charge in [-0.3, -0.25) is 14.5 Å². The summed E-state index contributed by atoms with van der Waals surface area (Å²) >= 11 is 6.05. The first kappa shape index (κ1) is 25.5. The van der Waals surface area contributed by atoms with E-state index in [1.165, 1.54) is 4.90 Å². The van der Waals surface area contributed by atoms with Gasteiger partial charge in [0, 0.05) is 31.2 Å². The van der Waals surface area contributed by atoms with Crippen LogP contribution in [0.15, 0.2) is 24.3 Å². The van der Waals surface area contributed by atoms with Crippen molar-refractivity contribution in [2.75, 3.05) is 40.3 Å². The molecule has 0 bridgehead atoms. The molecule has 7 nitrogen and oxygen atoms in total. The second kappa shape index (κ2) is 10.9. The van der Waals surface area contributed by atoms with E-state index in [0.29, 0.717) is 62.8 Å². The highest BCUT2D eigenvalue weighted by Gasteiger charge is 2.55. The summed E-state index contributed by atoms with van der Waals surface area (Å²) in [6, 6.07) is 7.10. The molecule has 2 fully saturated rings. The Labute approximate surface area is 202 Å². The van der Waals surface area contributed by atoms with Crippen molar-refractivity contribution >= 4 is 29.4 Å². The molecule has 0 unspecified atom stereocenters. The Bertz CT molecular complexity index is 867. The second-order valence-electron chi connectivity index (χ2n) is 10.1. The summed E-state index contributed by atoms with van der Waals surface area (Å²) in [6.07, 6.45) is 3.22. The van der Waals surface area contributed by atoms with Gasteiger partial charge in [0.25, 0.3) is 5.91 Å². The molecule has 8 heteroatoms. The molecule has 0 aliphatic carbocycles. The topological polar surface area (TPSA) is 73.0 Å². The van der Waals surface area contributed by atoms with Crippen LogP contribution in [0.4, 0.5) is 4.79 Å². The highest BCUT2D eigenvalue weighted by Crippen LogP contribution is 2.38. The maximum Gasteiger partial charge on any atom is 0.325 e. The Hall–Kier alpha value is -2.12. The summed E-state index contributed by atoms with van der Waals surface area (Å²) < 4.78 is 0. The van der Waals surface area contributed by atoms with Crippen LogP contribution in [-0.4, -0.2) is 78.4 Å². The lowest BCUT2D eigenvalue weighted by atomic mass is 9.73. The van der Waals surface area contributed by atoms with Gasteiger partial charge in [-0.2, -0.15) is 0 Å². The molecule has 3 rings (SSSR count). The number of hydrogen-bond donors (Lipinski definition) is 1. The fourth-order valence-electron chi connectivity index (χ4n) is 4.87. The van der Waals surface area contributed by atoms with Gasteiger partial charge in [0.05, 0.1) is 6.42 Å². The van der Waals surface area contributed by atoms with Crippen LogP contribution in [0, 0.1) is 11.8 Å². The Balaban J connectivity index is 1.69. The molecule has 33 heavy (non-hydrogen) atoms. The van der Waals surface area contributed by atoms with Crippen LogP contribution >= 0.6 is 11.6 Å². The second-order valence-corrected chi connectivity index (χ2v) is 10.5. The quantitative estimate of drug-likeness (QED) is 0.554. The van der Waals surface area contributed by atoms with Crippen molar-refractivity contribution in [3.05, 3.63) is 34.9 Å². The van der Waals surface area contributed by atoms with Crippen molar-refractivity contribution in [3.63, 3.8) is 0 Å². The number of carbonyl (C=O) groups excluding carboxylic acids is 3. The summed E-state index contributed by atoms with van der Waals surface area (Å²) in [4.78, 5) is 44.5. The minimum atomic E-state index is -0.865. The van der Waals surface area contributed by atoms with Crippen LogP contribution in [0.25, 0.3) is 0 Å². The molecular formula is C25H37ClN4O3. The van der Waals surface area contributed by atoms with Crippen LogP contribution in [0.5, 0.6) is 0 Å². The molecule has 1 aromatic rings. The predicted octanol–water partition coefficient (Wildman–Crippen LogP) is 3.41. The minimum absolute atomic E-state index is 0.0206. The van der Waals surface area contributed by atoms with Crippen molar-refractivity contribution in [2.45, 2.75) is 51.5 Å². The largest absolute Gasteiger partial charge is 0.342 e. The van der Waals surface area contributed by atoms with E-state index >= 15 is 0 Å². The third kappa shape index (κ3) is 6.07. The van der Waals surface area contributed by atoms with Crippen molar-refractivity contribution in [1.82, 2.24) is 20.0 Å². The molecule has 2 saturated heterocycles. The lowest BCUT2D eigenvalue weighted by Gasteiger charge is -2.41. The van der Waals surface area contributed by atoms with Crippen molar-refractivity contribution in [2.24, 2.45) is 11.8 Å². The molecule has 2 aliphatic rings. The zero-order chi connectivity index (χ0) is 24.2. The zero-order valence-electron chi connectivity index (χ0n) is 20.3. The molecule has 4 amide bonds. The number of nitrogens with one attached hydrogen (secondary N) is 1. The average molecular weight is 477 g/mol. The van der Waals surface area contributed by atoms with Crippen LogP contribution in [-0.2, 0) is 16.0 Å². The number of imide groups is 1. The summed E-state index contributed by atoms with van der Waals surface area (Å²) in [7, 11) is 3.86. The van der Waals surface area contributed by atoms with E-state index in [0.717, 1.165) is 12.0 Å². The minimum Gasteiger partial charge on any atom is -0.342 e. The number of halogens is 1.